The summed E-state index contributed by atoms with van der Waals surface area (Å²) in [5, 5.41) is 7.43. The van der Waals surface area contributed by atoms with E-state index in [0.29, 0.717) is 23.5 Å². The van der Waals surface area contributed by atoms with Crippen molar-refractivity contribution in [2.45, 2.75) is 13.5 Å². The van der Waals surface area contributed by atoms with Crippen molar-refractivity contribution < 1.29 is 0 Å². The maximum atomic E-state index is 12.4. The third-order valence-electron chi connectivity index (χ3n) is 3.41. The van der Waals surface area contributed by atoms with Crippen molar-refractivity contribution in [1.82, 2.24) is 24.3 Å². The smallest absolute Gasteiger partial charge is 0.280 e. The van der Waals surface area contributed by atoms with Crippen LogP contribution in [0, 0.1) is 6.92 Å². The van der Waals surface area contributed by atoms with Crippen LogP contribution in [-0.4, -0.2) is 24.3 Å². The van der Waals surface area contributed by atoms with Gasteiger partial charge >= 0.3 is 0 Å². The van der Waals surface area contributed by atoms with Gasteiger partial charge in [0.2, 0.25) is 5.95 Å². The third kappa shape index (κ3) is 2.26. The Morgan fingerprint density at radius 1 is 1.33 bits per heavy atom. The number of fused-ring (bicyclic) bond motifs is 1. The summed E-state index contributed by atoms with van der Waals surface area (Å²) < 4.78 is 3.07. The van der Waals surface area contributed by atoms with E-state index in [4.69, 9.17) is 0 Å². The molecular formula is C14H16N6O. The van der Waals surface area contributed by atoms with Gasteiger partial charge in [0.25, 0.3) is 5.56 Å². The fourth-order valence-corrected chi connectivity index (χ4v) is 2.30. The van der Waals surface area contributed by atoms with Gasteiger partial charge in [-0.3, -0.25) is 19.0 Å². The summed E-state index contributed by atoms with van der Waals surface area (Å²) in [6, 6.07) is 3.84. The van der Waals surface area contributed by atoms with E-state index < -0.39 is 0 Å². The van der Waals surface area contributed by atoms with Gasteiger partial charge in [0, 0.05) is 33.0 Å². The van der Waals surface area contributed by atoms with Crippen LogP contribution in [0.15, 0.2) is 29.3 Å². The SMILES string of the molecule is Cc1nn(C)c2c(=O)n(C)c(NCc3cccnc3)nc12. The van der Waals surface area contributed by atoms with E-state index in [2.05, 4.69) is 20.4 Å². The Hall–Kier alpha value is -2.70. The summed E-state index contributed by atoms with van der Waals surface area (Å²) in [6.07, 6.45) is 3.50. The highest BCUT2D eigenvalue weighted by molar-refractivity contribution is 5.77. The number of aromatic nitrogens is 5. The molecular weight excluding hydrogens is 268 g/mol. The largest absolute Gasteiger partial charge is 0.351 e. The van der Waals surface area contributed by atoms with Crippen molar-refractivity contribution in [1.29, 1.82) is 0 Å². The van der Waals surface area contributed by atoms with Gasteiger partial charge in [-0.25, -0.2) is 4.98 Å². The molecule has 0 aliphatic rings. The Bertz CT molecular complexity index is 849. The molecule has 0 fully saturated rings. The molecule has 7 nitrogen and oxygen atoms in total. The minimum atomic E-state index is -0.114. The standard InChI is InChI=1S/C14H16N6O/c1-9-11-12(20(3)18-9)13(21)19(2)14(17-11)16-8-10-5-4-6-15-7-10/h4-7H,8H2,1-3H3,(H,16,17). The Kier molecular flexibility index (Phi) is 3.17. The van der Waals surface area contributed by atoms with Crippen LogP contribution in [0.25, 0.3) is 11.0 Å². The molecule has 0 atom stereocenters. The van der Waals surface area contributed by atoms with E-state index in [1.54, 1.807) is 31.2 Å². The van der Waals surface area contributed by atoms with Gasteiger partial charge < -0.3 is 5.32 Å². The maximum Gasteiger partial charge on any atom is 0.280 e. The van der Waals surface area contributed by atoms with Crippen molar-refractivity contribution in [3.8, 4) is 0 Å². The molecule has 3 aromatic rings. The van der Waals surface area contributed by atoms with E-state index in [-0.39, 0.29) is 5.56 Å². The number of anilines is 1. The van der Waals surface area contributed by atoms with Crippen LogP contribution >= 0.6 is 0 Å². The van der Waals surface area contributed by atoms with Crippen LogP contribution in [-0.2, 0) is 20.6 Å². The maximum absolute atomic E-state index is 12.4. The van der Waals surface area contributed by atoms with Crippen LogP contribution in [0.3, 0.4) is 0 Å². The van der Waals surface area contributed by atoms with Crippen molar-refractivity contribution in [2.24, 2.45) is 14.1 Å². The summed E-state index contributed by atoms with van der Waals surface area (Å²) in [4.78, 5) is 21.0. The van der Waals surface area contributed by atoms with Gasteiger partial charge in [0.15, 0.2) is 5.52 Å². The van der Waals surface area contributed by atoms with Crippen LogP contribution in [0.5, 0.6) is 0 Å². The summed E-state index contributed by atoms with van der Waals surface area (Å²) in [5.41, 5.74) is 2.80. The topological polar surface area (TPSA) is 77.6 Å². The van der Waals surface area contributed by atoms with Gasteiger partial charge in [-0.05, 0) is 18.6 Å². The lowest BCUT2D eigenvalue weighted by Crippen LogP contribution is -2.23. The minimum absolute atomic E-state index is 0.114. The van der Waals surface area contributed by atoms with Crippen LogP contribution in [0.1, 0.15) is 11.3 Å². The van der Waals surface area contributed by atoms with Gasteiger partial charge in [-0.1, -0.05) is 6.07 Å². The zero-order chi connectivity index (χ0) is 15.0. The minimum Gasteiger partial charge on any atom is -0.351 e. The van der Waals surface area contributed by atoms with Crippen LogP contribution in [0.4, 0.5) is 5.95 Å². The van der Waals surface area contributed by atoms with E-state index >= 15 is 0 Å². The molecule has 0 unspecified atom stereocenters. The second kappa shape index (κ2) is 5.01. The van der Waals surface area contributed by atoms with Crippen LogP contribution in [0.2, 0.25) is 0 Å². The van der Waals surface area contributed by atoms with Crippen molar-refractivity contribution >= 4 is 17.0 Å². The Morgan fingerprint density at radius 2 is 2.14 bits per heavy atom. The molecule has 0 saturated carbocycles. The highest BCUT2D eigenvalue weighted by Gasteiger charge is 2.14. The first-order valence-electron chi connectivity index (χ1n) is 6.61. The molecule has 0 aliphatic carbocycles. The van der Waals surface area contributed by atoms with Gasteiger partial charge in [0.05, 0.1) is 5.69 Å². The molecule has 0 saturated heterocycles. The molecule has 0 amide bonds. The lowest BCUT2D eigenvalue weighted by molar-refractivity contribution is 0.765. The summed E-state index contributed by atoms with van der Waals surface area (Å²) >= 11 is 0. The molecule has 0 bridgehead atoms. The van der Waals surface area contributed by atoms with Gasteiger partial charge in [-0.2, -0.15) is 5.10 Å². The fourth-order valence-electron chi connectivity index (χ4n) is 2.30. The van der Waals surface area contributed by atoms with Crippen molar-refractivity contribution in [3.05, 3.63) is 46.1 Å². The Balaban J connectivity index is 2.01. The lowest BCUT2D eigenvalue weighted by atomic mass is 10.3. The van der Waals surface area contributed by atoms with E-state index in [9.17, 15) is 4.79 Å². The first kappa shape index (κ1) is 13.3. The summed E-state index contributed by atoms with van der Waals surface area (Å²) in [7, 11) is 3.45. The number of aryl methyl sites for hydroxylation is 2. The average Bonchev–Trinajstić information content (AvgIpc) is 2.77. The van der Waals surface area contributed by atoms with E-state index in [1.165, 1.54) is 4.57 Å². The predicted octanol–water partition coefficient (Wildman–Crippen LogP) is 0.983. The highest BCUT2D eigenvalue weighted by atomic mass is 16.1. The number of nitrogens with one attached hydrogen (secondary N) is 1. The zero-order valence-electron chi connectivity index (χ0n) is 12.2. The Labute approximate surface area is 121 Å². The molecule has 7 heteroatoms. The first-order valence-corrected chi connectivity index (χ1v) is 6.61. The molecule has 0 spiro atoms. The molecule has 3 aromatic heterocycles. The predicted molar refractivity (Wildman–Crippen MR) is 80.1 cm³/mol. The Morgan fingerprint density at radius 3 is 2.86 bits per heavy atom. The number of nitrogens with zero attached hydrogens (tertiary/aromatic N) is 5. The van der Waals surface area contributed by atoms with Gasteiger partial charge in [-0.15, -0.1) is 0 Å². The van der Waals surface area contributed by atoms with Gasteiger partial charge in [0.1, 0.15) is 5.52 Å². The monoisotopic (exact) mass is 284 g/mol. The molecule has 3 rings (SSSR count). The normalized spacial score (nSPS) is 11.0. The first-order chi connectivity index (χ1) is 10.1. The zero-order valence-corrected chi connectivity index (χ0v) is 12.2. The quantitative estimate of drug-likeness (QED) is 0.776. The third-order valence-corrected chi connectivity index (χ3v) is 3.41. The number of hydrogen-bond acceptors (Lipinski definition) is 5. The molecule has 0 aliphatic heterocycles. The molecule has 0 radical (unpaired) electrons. The van der Waals surface area contributed by atoms with E-state index in [1.807, 2.05) is 19.1 Å². The molecule has 21 heavy (non-hydrogen) atoms. The van der Waals surface area contributed by atoms with Crippen LogP contribution < -0.4 is 10.9 Å². The number of hydrogen-bond donors (Lipinski definition) is 1. The average molecular weight is 284 g/mol. The molecule has 0 aromatic carbocycles. The second-order valence-electron chi connectivity index (χ2n) is 4.92. The molecule has 3 heterocycles. The lowest BCUT2D eigenvalue weighted by Gasteiger charge is -2.10. The summed E-state index contributed by atoms with van der Waals surface area (Å²) in [6.45, 7) is 2.40. The second-order valence-corrected chi connectivity index (χ2v) is 4.92. The molecule has 108 valence electrons. The number of pyridine rings is 1. The van der Waals surface area contributed by atoms with Crippen molar-refractivity contribution in [3.63, 3.8) is 0 Å². The summed E-state index contributed by atoms with van der Waals surface area (Å²) in [5.74, 6) is 0.521. The van der Waals surface area contributed by atoms with Crippen molar-refractivity contribution in [2.75, 3.05) is 5.32 Å². The fraction of sp³-hybridized carbons (Fsp3) is 0.286. The molecule has 1 N–H and O–H groups in total. The number of rotatable bonds is 3. The van der Waals surface area contributed by atoms with E-state index in [0.717, 1.165) is 11.3 Å². The highest BCUT2D eigenvalue weighted by Crippen LogP contribution is 2.14.